The molecule has 3 aromatic carbocycles. The molecule has 4 rings (SSSR count). The van der Waals surface area contributed by atoms with Gasteiger partial charge in [-0.15, -0.1) is 0 Å². The molecule has 4 aromatic rings. The lowest BCUT2D eigenvalue weighted by Crippen LogP contribution is -2.21. The second-order valence-corrected chi connectivity index (χ2v) is 10.6. The van der Waals surface area contributed by atoms with E-state index in [0.29, 0.717) is 28.4 Å². The fourth-order valence-electron chi connectivity index (χ4n) is 4.37. The van der Waals surface area contributed by atoms with E-state index in [9.17, 15) is 9.59 Å². The number of hydroxylamine groups is 1. The lowest BCUT2D eigenvalue weighted by molar-refractivity contribution is 0.102. The predicted octanol–water partition coefficient (Wildman–Crippen LogP) is 5.54. The molecule has 0 aliphatic carbocycles. The Kier molecular flexibility index (Phi) is 8.37. The van der Waals surface area contributed by atoms with Gasteiger partial charge in [0.1, 0.15) is 5.75 Å². The first-order chi connectivity index (χ1) is 19.0. The summed E-state index contributed by atoms with van der Waals surface area (Å²) in [5, 5.41) is 15.1. The zero-order valence-corrected chi connectivity index (χ0v) is 23.6. The molecule has 0 radical (unpaired) electrons. The van der Waals surface area contributed by atoms with Crippen molar-refractivity contribution in [3.8, 4) is 17.0 Å². The Labute approximate surface area is 233 Å². The number of carbonyl (C=O) groups excluding carboxylic acids is 1. The Morgan fingerprint density at radius 3 is 2.45 bits per heavy atom. The van der Waals surface area contributed by atoms with Crippen LogP contribution in [0.2, 0.25) is 0 Å². The smallest absolute Gasteiger partial charge is 0.293 e. The van der Waals surface area contributed by atoms with Crippen LogP contribution >= 0.6 is 0 Å². The molecule has 0 fully saturated rings. The quantitative estimate of drug-likeness (QED) is 0.217. The van der Waals surface area contributed by atoms with Gasteiger partial charge in [0.25, 0.3) is 11.5 Å². The van der Waals surface area contributed by atoms with E-state index >= 15 is 0 Å². The third-order valence-corrected chi connectivity index (χ3v) is 6.76. The lowest BCUT2D eigenvalue weighted by Gasteiger charge is -2.19. The van der Waals surface area contributed by atoms with Gasteiger partial charge < -0.3 is 25.1 Å². The second kappa shape index (κ2) is 11.7. The highest BCUT2D eigenvalue weighted by Crippen LogP contribution is 2.29. The molecule has 208 valence electrons. The number of hydrogen-bond acceptors (Lipinski definition) is 7. The van der Waals surface area contributed by atoms with Gasteiger partial charge in [-0.2, -0.15) is 0 Å². The minimum Gasteiger partial charge on any atom is -0.496 e. The molecular weight excluding hydrogens is 506 g/mol. The van der Waals surface area contributed by atoms with Gasteiger partial charge in [0, 0.05) is 53.9 Å². The van der Waals surface area contributed by atoms with Crippen LogP contribution in [0.1, 0.15) is 47.8 Å². The van der Waals surface area contributed by atoms with Crippen LogP contribution in [0.3, 0.4) is 0 Å². The Morgan fingerprint density at radius 2 is 1.80 bits per heavy atom. The molecule has 1 amide bonds. The van der Waals surface area contributed by atoms with E-state index in [1.54, 1.807) is 31.4 Å². The third-order valence-electron chi connectivity index (χ3n) is 6.76. The number of anilines is 3. The van der Waals surface area contributed by atoms with E-state index in [1.165, 1.54) is 11.7 Å². The number of aryl methyl sites for hydroxylation is 1. The normalized spacial score (nSPS) is 11.3. The van der Waals surface area contributed by atoms with E-state index in [0.717, 1.165) is 22.3 Å². The number of amides is 1. The summed E-state index contributed by atoms with van der Waals surface area (Å²) in [6, 6.07) is 18.5. The largest absolute Gasteiger partial charge is 0.496 e. The molecule has 9 heteroatoms. The molecule has 0 aliphatic rings. The number of nitrogens with one attached hydrogen (secondary N) is 3. The molecule has 40 heavy (non-hydrogen) atoms. The van der Waals surface area contributed by atoms with Crippen molar-refractivity contribution in [2.24, 2.45) is 7.05 Å². The summed E-state index contributed by atoms with van der Waals surface area (Å²) in [5.41, 5.74) is 7.73. The summed E-state index contributed by atoms with van der Waals surface area (Å²) in [5.74, 6) is 0.486. The maximum absolute atomic E-state index is 13.0. The zero-order chi connectivity index (χ0) is 29.0. The van der Waals surface area contributed by atoms with Crippen LogP contribution in [0, 0.1) is 6.92 Å². The van der Waals surface area contributed by atoms with E-state index in [-0.39, 0.29) is 29.2 Å². The van der Waals surface area contributed by atoms with Gasteiger partial charge >= 0.3 is 0 Å². The second-order valence-electron chi connectivity index (χ2n) is 10.6. The molecular formula is C31H35N5O4. The van der Waals surface area contributed by atoms with E-state index in [1.807, 2.05) is 49.4 Å². The Hall–Kier alpha value is -4.47. The summed E-state index contributed by atoms with van der Waals surface area (Å²) in [4.78, 5) is 30.6. The van der Waals surface area contributed by atoms with Gasteiger partial charge in [-0.1, -0.05) is 51.1 Å². The van der Waals surface area contributed by atoms with Crippen molar-refractivity contribution in [1.29, 1.82) is 0 Å². The Bertz CT molecular complexity index is 1590. The molecule has 4 N–H and O–H groups in total. The molecule has 0 aliphatic heterocycles. The summed E-state index contributed by atoms with van der Waals surface area (Å²) in [6.45, 7) is 8.53. The number of methoxy groups -OCH3 is 1. The average molecular weight is 542 g/mol. The van der Waals surface area contributed by atoms with E-state index < -0.39 is 0 Å². The highest BCUT2D eigenvalue weighted by Gasteiger charge is 2.17. The summed E-state index contributed by atoms with van der Waals surface area (Å²) in [7, 11) is 3.20. The minimum atomic E-state index is -0.301. The third kappa shape index (κ3) is 6.22. The van der Waals surface area contributed by atoms with Crippen molar-refractivity contribution < 1.29 is 14.7 Å². The SMILES string of the molecule is COc1cc(Nc2nc(-c3cccc(NC(=O)c4ccc(C(C)(C)C)cc4)c3C)cn(C)c2=O)ccc1CNO. The van der Waals surface area contributed by atoms with Crippen LogP contribution in [0.25, 0.3) is 11.3 Å². The van der Waals surface area contributed by atoms with Crippen molar-refractivity contribution in [3.05, 3.63) is 99.5 Å². The van der Waals surface area contributed by atoms with Crippen molar-refractivity contribution in [2.45, 2.75) is 39.7 Å². The highest BCUT2D eigenvalue weighted by atomic mass is 16.5. The first kappa shape index (κ1) is 28.5. The van der Waals surface area contributed by atoms with Gasteiger partial charge in [0.15, 0.2) is 5.82 Å². The summed E-state index contributed by atoms with van der Waals surface area (Å²) >= 11 is 0. The van der Waals surface area contributed by atoms with Gasteiger partial charge in [0.2, 0.25) is 0 Å². The molecule has 0 atom stereocenters. The van der Waals surface area contributed by atoms with Crippen LogP contribution < -0.4 is 26.4 Å². The molecule has 9 nitrogen and oxygen atoms in total. The van der Waals surface area contributed by atoms with Gasteiger partial charge in [0.05, 0.1) is 12.8 Å². The Balaban J connectivity index is 1.62. The number of ether oxygens (including phenoxy) is 1. The first-order valence-electron chi connectivity index (χ1n) is 12.9. The van der Waals surface area contributed by atoms with Crippen molar-refractivity contribution in [1.82, 2.24) is 15.0 Å². The molecule has 0 saturated carbocycles. The van der Waals surface area contributed by atoms with Crippen LogP contribution in [-0.2, 0) is 19.0 Å². The topological polar surface area (TPSA) is 118 Å². The molecule has 0 saturated heterocycles. The predicted molar refractivity (Wildman–Crippen MR) is 158 cm³/mol. The number of hydrogen-bond donors (Lipinski definition) is 4. The number of aromatic nitrogens is 2. The summed E-state index contributed by atoms with van der Waals surface area (Å²) in [6.07, 6.45) is 1.67. The van der Waals surface area contributed by atoms with Crippen molar-refractivity contribution >= 4 is 23.1 Å². The fraction of sp³-hybridized carbons (Fsp3) is 0.258. The van der Waals surface area contributed by atoms with Gasteiger partial charge in [-0.3, -0.25) is 9.59 Å². The van der Waals surface area contributed by atoms with E-state index in [2.05, 4.69) is 41.9 Å². The van der Waals surface area contributed by atoms with Crippen LogP contribution in [0.15, 0.2) is 71.7 Å². The summed E-state index contributed by atoms with van der Waals surface area (Å²) < 4.78 is 6.87. The molecule has 1 heterocycles. The fourth-order valence-corrected chi connectivity index (χ4v) is 4.37. The van der Waals surface area contributed by atoms with Crippen molar-refractivity contribution in [3.63, 3.8) is 0 Å². The van der Waals surface area contributed by atoms with E-state index in [4.69, 9.17) is 9.94 Å². The first-order valence-corrected chi connectivity index (χ1v) is 12.9. The maximum atomic E-state index is 13.0. The number of nitrogens with zero attached hydrogens (tertiary/aromatic N) is 2. The standard InChI is InChI=1S/C31H35N5O4/c1-19-24(8-7-9-25(19)35-29(37)20-10-13-22(14-11-20)31(2,3)4)26-18-36(5)30(38)28(34-26)33-23-15-12-21(17-32-39)27(16-23)40-6/h7-16,18,32,39H,17H2,1-6H3,(H,33,34)(H,35,37). The zero-order valence-electron chi connectivity index (χ0n) is 23.6. The van der Waals surface area contributed by atoms with Crippen LogP contribution in [0.5, 0.6) is 5.75 Å². The minimum absolute atomic E-state index is 0.00330. The number of carbonyl (C=O) groups is 1. The van der Waals surface area contributed by atoms with Gasteiger partial charge in [-0.25, -0.2) is 10.5 Å². The monoisotopic (exact) mass is 541 g/mol. The highest BCUT2D eigenvalue weighted by molar-refractivity contribution is 6.05. The molecule has 0 spiro atoms. The Morgan fingerprint density at radius 1 is 1.07 bits per heavy atom. The molecule has 0 unspecified atom stereocenters. The maximum Gasteiger partial charge on any atom is 0.293 e. The number of benzene rings is 3. The molecule has 0 bridgehead atoms. The molecule has 1 aromatic heterocycles. The lowest BCUT2D eigenvalue weighted by atomic mass is 9.86. The van der Waals surface area contributed by atoms with Crippen LogP contribution in [0.4, 0.5) is 17.2 Å². The van der Waals surface area contributed by atoms with Crippen LogP contribution in [-0.4, -0.2) is 27.8 Å². The average Bonchev–Trinajstić information content (AvgIpc) is 2.92. The number of rotatable bonds is 8. The van der Waals surface area contributed by atoms with Gasteiger partial charge in [-0.05, 0) is 47.7 Å². The van der Waals surface area contributed by atoms with Crippen molar-refractivity contribution in [2.75, 3.05) is 17.7 Å².